The van der Waals surface area contributed by atoms with E-state index in [0.29, 0.717) is 0 Å². The van der Waals surface area contributed by atoms with E-state index in [2.05, 4.69) is 10.3 Å². The predicted octanol–water partition coefficient (Wildman–Crippen LogP) is 0.524. The number of benzene rings is 1. The second-order valence-corrected chi connectivity index (χ2v) is 5.99. The third kappa shape index (κ3) is 4.87. The van der Waals surface area contributed by atoms with Crippen LogP contribution in [0.2, 0.25) is 0 Å². The highest BCUT2D eigenvalue weighted by Gasteiger charge is 2.12. The predicted molar refractivity (Wildman–Crippen MR) is 81.0 cm³/mol. The maximum Gasteiger partial charge on any atom is 0.338 e. The number of hydrogen-bond donors (Lipinski definition) is 2. The summed E-state index contributed by atoms with van der Waals surface area (Å²) in [4.78, 5) is 27.0. The van der Waals surface area contributed by atoms with Crippen molar-refractivity contribution in [2.75, 3.05) is 11.9 Å². The molecule has 0 unspecified atom stereocenters. The summed E-state index contributed by atoms with van der Waals surface area (Å²) >= 11 is 0. The second kappa shape index (κ2) is 6.99. The number of nitrogens with zero attached hydrogens (tertiary/aromatic N) is 1. The van der Waals surface area contributed by atoms with Crippen LogP contribution in [-0.4, -0.2) is 31.9 Å². The molecule has 120 valence electrons. The molecule has 0 radical (unpaired) electrons. The van der Waals surface area contributed by atoms with Gasteiger partial charge in [-0.25, -0.2) is 18.4 Å². The van der Waals surface area contributed by atoms with Gasteiger partial charge >= 0.3 is 5.97 Å². The Hall–Kier alpha value is -2.78. The molecule has 0 bridgehead atoms. The Morgan fingerprint density at radius 3 is 2.52 bits per heavy atom. The van der Waals surface area contributed by atoms with Crippen LogP contribution in [-0.2, 0) is 19.6 Å². The Bertz CT molecular complexity index is 821. The molecule has 0 saturated heterocycles. The van der Waals surface area contributed by atoms with Gasteiger partial charge in [0, 0.05) is 18.1 Å². The molecule has 1 aromatic carbocycles. The van der Waals surface area contributed by atoms with Gasteiger partial charge in [-0.15, -0.1) is 0 Å². The van der Waals surface area contributed by atoms with Crippen molar-refractivity contribution in [1.82, 2.24) is 4.98 Å². The molecule has 0 aliphatic rings. The fourth-order valence-corrected chi connectivity index (χ4v) is 2.21. The van der Waals surface area contributed by atoms with E-state index in [9.17, 15) is 18.0 Å². The van der Waals surface area contributed by atoms with E-state index >= 15 is 0 Å². The van der Waals surface area contributed by atoms with Crippen LogP contribution in [0.4, 0.5) is 5.69 Å². The topological polar surface area (TPSA) is 128 Å². The number of rotatable bonds is 5. The number of aromatic nitrogens is 1. The number of esters is 1. The Morgan fingerprint density at radius 2 is 1.87 bits per heavy atom. The van der Waals surface area contributed by atoms with E-state index in [1.807, 2.05) is 0 Å². The van der Waals surface area contributed by atoms with Crippen molar-refractivity contribution in [2.24, 2.45) is 5.14 Å². The molecule has 0 aliphatic carbocycles. The first-order valence-electron chi connectivity index (χ1n) is 6.36. The fourth-order valence-electron chi connectivity index (χ4n) is 1.65. The number of anilines is 1. The maximum absolute atomic E-state index is 11.7. The molecule has 1 aromatic heterocycles. The lowest BCUT2D eigenvalue weighted by Crippen LogP contribution is -2.21. The number of hydrogen-bond acceptors (Lipinski definition) is 6. The summed E-state index contributed by atoms with van der Waals surface area (Å²) in [5.74, 6) is -1.28. The third-order valence-corrected chi connectivity index (χ3v) is 3.61. The van der Waals surface area contributed by atoms with Crippen molar-refractivity contribution in [3.8, 4) is 0 Å². The fraction of sp³-hybridized carbons (Fsp3) is 0.0714. The Labute approximate surface area is 132 Å². The van der Waals surface area contributed by atoms with Crippen LogP contribution in [0.3, 0.4) is 0 Å². The molecular formula is C14H13N3O5S. The van der Waals surface area contributed by atoms with Gasteiger partial charge in [0.05, 0.1) is 10.5 Å². The molecule has 0 saturated carbocycles. The normalized spacial score (nSPS) is 10.8. The Morgan fingerprint density at radius 1 is 1.17 bits per heavy atom. The van der Waals surface area contributed by atoms with E-state index in [-0.39, 0.29) is 16.1 Å². The van der Waals surface area contributed by atoms with Crippen LogP contribution in [0.25, 0.3) is 0 Å². The van der Waals surface area contributed by atoms with Crippen LogP contribution in [0, 0.1) is 0 Å². The number of amides is 1. The highest BCUT2D eigenvalue weighted by Crippen LogP contribution is 2.14. The maximum atomic E-state index is 11.7. The first kappa shape index (κ1) is 16.6. The molecule has 23 heavy (non-hydrogen) atoms. The summed E-state index contributed by atoms with van der Waals surface area (Å²) in [5, 5.41) is 7.42. The van der Waals surface area contributed by atoms with E-state index < -0.39 is 28.5 Å². The minimum Gasteiger partial charge on any atom is -0.452 e. The van der Waals surface area contributed by atoms with E-state index in [0.717, 1.165) is 0 Å². The van der Waals surface area contributed by atoms with Crippen molar-refractivity contribution in [2.45, 2.75) is 4.90 Å². The molecule has 3 N–H and O–H groups in total. The van der Waals surface area contributed by atoms with Gasteiger partial charge in [0.25, 0.3) is 5.91 Å². The number of carbonyl (C=O) groups is 2. The van der Waals surface area contributed by atoms with E-state index in [1.54, 1.807) is 0 Å². The number of nitrogens with one attached hydrogen (secondary N) is 1. The van der Waals surface area contributed by atoms with Gasteiger partial charge in [0.1, 0.15) is 0 Å². The van der Waals surface area contributed by atoms with Crippen LogP contribution in [0.1, 0.15) is 10.4 Å². The largest absolute Gasteiger partial charge is 0.452 e. The number of nitrogens with two attached hydrogens (primary N) is 1. The molecule has 0 spiro atoms. The molecule has 1 heterocycles. The summed E-state index contributed by atoms with van der Waals surface area (Å²) in [6, 6.07) is 8.33. The standard InChI is InChI=1S/C14H13N3O5S/c15-23(20,21)12-3-1-2-11(8-12)17-13(18)9-22-14(19)10-4-6-16-7-5-10/h1-8H,9H2,(H,17,18)(H2,15,20,21). The minimum atomic E-state index is -3.87. The summed E-state index contributed by atoms with van der Waals surface area (Å²) in [5.41, 5.74) is 0.491. The Kier molecular flexibility index (Phi) is 5.04. The minimum absolute atomic E-state index is 0.135. The first-order chi connectivity index (χ1) is 10.9. The monoisotopic (exact) mass is 335 g/mol. The lowest BCUT2D eigenvalue weighted by molar-refractivity contribution is -0.119. The quantitative estimate of drug-likeness (QED) is 0.767. The zero-order valence-corrected chi connectivity index (χ0v) is 12.6. The zero-order valence-electron chi connectivity index (χ0n) is 11.8. The molecule has 1 amide bonds. The summed E-state index contributed by atoms with van der Waals surface area (Å²) < 4.78 is 27.3. The van der Waals surface area contributed by atoms with Crippen molar-refractivity contribution in [3.63, 3.8) is 0 Å². The van der Waals surface area contributed by atoms with Crippen LogP contribution in [0.15, 0.2) is 53.7 Å². The summed E-state index contributed by atoms with van der Waals surface area (Å²) in [6.07, 6.45) is 2.85. The zero-order chi connectivity index (χ0) is 16.9. The van der Waals surface area contributed by atoms with Crippen molar-refractivity contribution in [3.05, 3.63) is 54.4 Å². The molecule has 2 rings (SSSR count). The molecule has 0 fully saturated rings. The van der Waals surface area contributed by atoms with E-state index in [1.165, 1.54) is 48.8 Å². The van der Waals surface area contributed by atoms with E-state index in [4.69, 9.17) is 9.88 Å². The van der Waals surface area contributed by atoms with Gasteiger partial charge in [-0.1, -0.05) is 6.07 Å². The molecule has 0 atom stereocenters. The lowest BCUT2D eigenvalue weighted by Gasteiger charge is -2.07. The number of primary sulfonamides is 1. The van der Waals surface area contributed by atoms with Crippen LogP contribution >= 0.6 is 0 Å². The third-order valence-electron chi connectivity index (χ3n) is 2.70. The van der Waals surface area contributed by atoms with Gasteiger partial charge in [0.2, 0.25) is 10.0 Å². The molecule has 0 aliphatic heterocycles. The van der Waals surface area contributed by atoms with Gasteiger partial charge in [0.15, 0.2) is 6.61 Å². The highest BCUT2D eigenvalue weighted by atomic mass is 32.2. The van der Waals surface area contributed by atoms with Gasteiger partial charge < -0.3 is 10.1 Å². The lowest BCUT2D eigenvalue weighted by atomic mass is 10.3. The molecular weight excluding hydrogens is 322 g/mol. The van der Waals surface area contributed by atoms with Gasteiger partial charge in [-0.3, -0.25) is 9.78 Å². The number of ether oxygens (including phenoxy) is 1. The van der Waals surface area contributed by atoms with Crippen molar-refractivity contribution >= 4 is 27.6 Å². The van der Waals surface area contributed by atoms with Gasteiger partial charge in [-0.2, -0.15) is 0 Å². The molecule has 9 heteroatoms. The van der Waals surface area contributed by atoms with Crippen LogP contribution in [0.5, 0.6) is 0 Å². The average molecular weight is 335 g/mol. The Balaban J connectivity index is 1.94. The number of carbonyl (C=O) groups excluding carboxylic acids is 2. The summed E-state index contributed by atoms with van der Waals surface area (Å²) in [6.45, 7) is -0.513. The second-order valence-electron chi connectivity index (χ2n) is 4.43. The van der Waals surface area contributed by atoms with Gasteiger partial charge in [-0.05, 0) is 30.3 Å². The van der Waals surface area contributed by atoms with Crippen molar-refractivity contribution in [1.29, 1.82) is 0 Å². The molecule has 2 aromatic rings. The number of sulfonamides is 1. The smallest absolute Gasteiger partial charge is 0.338 e. The van der Waals surface area contributed by atoms with Crippen molar-refractivity contribution < 1.29 is 22.7 Å². The average Bonchev–Trinajstić information content (AvgIpc) is 2.53. The highest BCUT2D eigenvalue weighted by molar-refractivity contribution is 7.89. The number of pyridine rings is 1. The summed E-state index contributed by atoms with van der Waals surface area (Å²) in [7, 11) is -3.87. The first-order valence-corrected chi connectivity index (χ1v) is 7.91. The SMILES string of the molecule is NS(=O)(=O)c1cccc(NC(=O)COC(=O)c2ccncc2)c1. The van der Waals surface area contributed by atoms with Crippen LogP contribution < -0.4 is 10.5 Å². The molecule has 8 nitrogen and oxygen atoms in total.